The Morgan fingerprint density at radius 3 is 2.69 bits per heavy atom. The lowest BCUT2D eigenvalue weighted by atomic mass is 9.89. The first kappa shape index (κ1) is 17.4. The molecule has 0 radical (unpaired) electrons. The maximum atomic E-state index is 13.5. The number of nitrogens with one attached hydrogen (secondary N) is 1. The van der Waals surface area contributed by atoms with Gasteiger partial charge in [-0.3, -0.25) is 9.78 Å². The molecule has 26 heavy (non-hydrogen) atoms. The highest BCUT2D eigenvalue weighted by Gasteiger charge is 2.34. The summed E-state index contributed by atoms with van der Waals surface area (Å²) in [4.78, 5) is 20.0. The topological polar surface area (TPSA) is 65.5 Å². The minimum Gasteiger partial charge on any atom is -0.393 e. The molecule has 2 heterocycles. The molecule has 138 valence electrons. The van der Waals surface area contributed by atoms with E-state index in [0.29, 0.717) is 0 Å². The Hall–Kier alpha value is -1.98. The summed E-state index contributed by atoms with van der Waals surface area (Å²) in [5.74, 6) is 0.248. The van der Waals surface area contributed by atoms with Gasteiger partial charge in [0.25, 0.3) is 0 Å². The van der Waals surface area contributed by atoms with Gasteiger partial charge < -0.3 is 15.3 Å². The van der Waals surface area contributed by atoms with Crippen molar-refractivity contribution >= 4 is 22.5 Å². The fraction of sp³-hybridized carbons (Fsp3) is 0.524. The summed E-state index contributed by atoms with van der Waals surface area (Å²) in [7, 11) is 0. The Balaban J connectivity index is 1.73. The fourth-order valence-corrected chi connectivity index (χ4v) is 4.36. The monoisotopic (exact) mass is 353 g/mol. The second kappa shape index (κ2) is 7.72. The Labute approximate surface area is 154 Å². The van der Waals surface area contributed by atoms with Crippen LogP contribution >= 0.6 is 0 Å². The highest BCUT2D eigenvalue weighted by molar-refractivity contribution is 6.03. The molecule has 2 N–H and O–H groups in total. The summed E-state index contributed by atoms with van der Waals surface area (Å²) in [6.07, 6.45) is 6.79. The molecule has 1 aliphatic heterocycles. The first-order valence-corrected chi connectivity index (χ1v) is 9.79. The van der Waals surface area contributed by atoms with Gasteiger partial charge in [-0.2, -0.15) is 0 Å². The van der Waals surface area contributed by atoms with Crippen LogP contribution in [0, 0.1) is 5.92 Å². The van der Waals surface area contributed by atoms with Crippen LogP contribution < -0.4 is 10.2 Å². The predicted octanol–water partition coefficient (Wildman–Crippen LogP) is 2.87. The Morgan fingerprint density at radius 2 is 1.92 bits per heavy atom. The molecule has 2 aromatic rings. The number of carbonyl (C=O) groups is 1. The number of rotatable bonds is 3. The number of carbonyl (C=O) groups excluding carboxylic acids is 1. The molecule has 5 nitrogen and oxygen atoms in total. The van der Waals surface area contributed by atoms with E-state index in [0.717, 1.165) is 68.2 Å². The SMILES string of the molecule is O=C([C@H]1CCCNC1)N(c1ccnc2ccccc12)C1CCC(O)CC1. The van der Waals surface area contributed by atoms with Gasteiger partial charge in [-0.25, -0.2) is 0 Å². The number of hydrogen-bond acceptors (Lipinski definition) is 4. The van der Waals surface area contributed by atoms with E-state index in [2.05, 4.69) is 16.4 Å². The van der Waals surface area contributed by atoms with Gasteiger partial charge in [0, 0.05) is 24.2 Å². The third kappa shape index (κ3) is 3.46. The molecule has 1 amide bonds. The molecule has 2 fully saturated rings. The van der Waals surface area contributed by atoms with Crippen LogP contribution in [0.25, 0.3) is 10.9 Å². The predicted molar refractivity (Wildman–Crippen MR) is 103 cm³/mol. The average molecular weight is 353 g/mol. The van der Waals surface area contributed by atoms with Crippen molar-refractivity contribution in [2.24, 2.45) is 5.92 Å². The van der Waals surface area contributed by atoms with E-state index in [1.807, 2.05) is 29.2 Å². The third-order valence-electron chi connectivity index (χ3n) is 5.80. The summed E-state index contributed by atoms with van der Waals surface area (Å²) in [5.41, 5.74) is 1.88. The molecule has 4 rings (SSSR count). The summed E-state index contributed by atoms with van der Waals surface area (Å²) in [5, 5.41) is 14.3. The summed E-state index contributed by atoms with van der Waals surface area (Å²) >= 11 is 0. The molecule has 2 aliphatic rings. The molecular formula is C21H27N3O2. The third-order valence-corrected chi connectivity index (χ3v) is 5.80. The molecule has 1 saturated carbocycles. The van der Waals surface area contributed by atoms with Crippen molar-refractivity contribution < 1.29 is 9.90 Å². The molecule has 1 aromatic carbocycles. The van der Waals surface area contributed by atoms with E-state index >= 15 is 0 Å². The van der Waals surface area contributed by atoms with Gasteiger partial charge in [-0.05, 0) is 57.2 Å². The number of pyridine rings is 1. The molecule has 0 unspecified atom stereocenters. The second-order valence-corrected chi connectivity index (χ2v) is 7.56. The molecule has 5 heteroatoms. The lowest BCUT2D eigenvalue weighted by Crippen LogP contribution is -2.49. The minimum atomic E-state index is -0.228. The number of fused-ring (bicyclic) bond motifs is 1. The van der Waals surface area contributed by atoms with Gasteiger partial charge in [0.1, 0.15) is 0 Å². The van der Waals surface area contributed by atoms with Crippen LogP contribution in [0.5, 0.6) is 0 Å². The Morgan fingerprint density at radius 1 is 1.12 bits per heavy atom. The maximum Gasteiger partial charge on any atom is 0.231 e. The van der Waals surface area contributed by atoms with E-state index in [-0.39, 0.29) is 24.0 Å². The highest BCUT2D eigenvalue weighted by Crippen LogP contribution is 2.34. The van der Waals surface area contributed by atoms with E-state index in [1.54, 1.807) is 6.20 Å². The molecule has 0 spiro atoms. The number of benzene rings is 1. The van der Waals surface area contributed by atoms with Gasteiger partial charge in [0.05, 0.1) is 23.2 Å². The summed E-state index contributed by atoms with van der Waals surface area (Å²) < 4.78 is 0. The quantitative estimate of drug-likeness (QED) is 0.890. The molecule has 0 bridgehead atoms. The fourth-order valence-electron chi connectivity index (χ4n) is 4.36. The zero-order valence-electron chi connectivity index (χ0n) is 15.1. The zero-order chi connectivity index (χ0) is 17.9. The molecule has 1 saturated heterocycles. The van der Waals surface area contributed by atoms with Crippen LogP contribution in [-0.4, -0.2) is 41.2 Å². The first-order valence-electron chi connectivity index (χ1n) is 9.79. The Kier molecular flexibility index (Phi) is 5.18. The van der Waals surface area contributed by atoms with Crippen molar-refractivity contribution in [1.82, 2.24) is 10.3 Å². The van der Waals surface area contributed by atoms with Crippen LogP contribution in [-0.2, 0) is 4.79 Å². The van der Waals surface area contributed by atoms with Gasteiger partial charge in [0.2, 0.25) is 5.91 Å². The number of piperidine rings is 1. The van der Waals surface area contributed by atoms with E-state index < -0.39 is 0 Å². The van der Waals surface area contributed by atoms with Crippen molar-refractivity contribution in [2.45, 2.75) is 50.7 Å². The second-order valence-electron chi connectivity index (χ2n) is 7.56. The number of para-hydroxylation sites is 1. The highest BCUT2D eigenvalue weighted by atomic mass is 16.3. The van der Waals surface area contributed by atoms with Crippen LogP contribution in [0.4, 0.5) is 5.69 Å². The number of aliphatic hydroxyl groups excluding tert-OH is 1. The lowest BCUT2D eigenvalue weighted by molar-refractivity contribution is -0.123. The summed E-state index contributed by atoms with van der Waals surface area (Å²) in [6.45, 7) is 1.76. The van der Waals surface area contributed by atoms with Crippen LogP contribution in [0.1, 0.15) is 38.5 Å². The summed E-state index contributed by atoms with van der Waals surface area (Å²) in [6, 6.07) is 10.2. The van der Waals surface area contributed by atoms with Crippen LogP contribution in [0.3, 0.4) is 0 Å². The van der Waals surface area contributed by atoms with Crippen molar-refractivity contribution in [3.8, 4) is 0 Å². The molecular weight excluding hydrogens is 326 g/mol. The molecule has 1 aromatic heterocycles. The van der Waals surface area contributed by atoms with Crippen molar-refractivity contribution in [3.05, 3.63) is 36.5 Å². The molecule has 1 atom stereocenters. The number of anilines is 1. The smallest absolute Gasteiger partial charge is 0.231 e. The minimum absolute atomic E-state index is 0.0301. The van der Waals surface area contributed by atoms with Gasteiger partial charge in [0.15, 0.2) is 0 Å². The van der Waals surface area contributed by atoms with Gasteiger partial charge in [-0.15, -0.1) is 0 Å². The number of aliphatic hydroxyl groups is 1. The van der Waals surface area contributed by atoms with Gasteiger partial charge in [-0.1, -0.05) is 18.2 Å². The van der Waals surface area contributed by atoms with E-state index in [9.17, 15) is 9.90 Å². The normalized spacial score (nSPS) is 26.6. The standard InChI is InChI=1S/C21H27N3O2/c25-17-9-7-16(8-10-17)24(21(26)15-4-3-12-22-14-15)20-11-13-23-19-6-2-1-5-18(19)20/h1-2,5-6,11,13,15-17,22,25H,3-4,7-10,12,14H2/t15-,16?,17?/m0/s1. The number of amides is 1. The van der Waals surface area contributed by atoms with Gasteiger partial charge >= 0.3 is 0 Å². The van der Waals surface area contributed by atoms with Crippen molar-refractivity contribution in [3.63, 3.8) is 0 Å². The van der Waals surface area contributed by atoms with Crippen molar-refractivity contribution in [1.29, 1.82) is 0 Å². The maximum absolute atomic E-state index is 13.5. The first-order chi connectivity index (χ1) is 12.7. The van der Waals surface area contributed by atoms with Crippen molar-refractivity contribution in [2.75, 3.05) is 18.0 Å². The number of nitrogens with zero attached hydrogens (tertiary/aromatic N) is 2. The van der Waals surface area contributed by atoms with E-state index in [4.69, 9.17) is 0 Å². The lowest BCUT2D eigenvalue weighted by Gasteiger charge is -2.39. The van der Waals surface area contributed by atoms with E-state index in [1.165, 1.54) is 0 Å². The number of aromatic nitrogens is 1. The van der Waals surface area contributed by atoms with Crippen LogP contribution in [0.2, 0.25) is 0 Å². The average Bonchev–Trinajstić information content (AvgIpc) is 2.70. The zero-order valence-corrected chi connectivity index (χ0v) is 15.1. The largest absolute Gasteiger partial charge is 0.393 e. The Bertz CT molecular complexity index is 759. The number of hydrogen-bond donors (Lipinski definition) is 2. The van der Waals surface area contributed by atoms with Crippen LogP contribution in [0.15, 0.2) is 36.5 Å². The molecule has 1 aliphatic carbocycles.